The van der Waals surface area contributed by atoms with E-state index in [0.29, 0.717) is 13.1 Å². The summed E-state index contributed by atoms with van der Waals surface area (Å²) in [5.74, 6) is 0.130. The summed E-state index contributed by atoms with van der Waals surface area (Å²) in [6.45, 7) is 9.40. The Bertz CT molecular complexity index is 260. The molecule has 0 aromatic rings. The van der Waals surface area contributed by atoms with Crippen LogP contribution in [-0.4, -0.2) is 46.7 Å². The molecule has 0 bridgehead atoms. The number of aliphatic hydroxyl groups excluding tert-OH is 1. The van der Waals surface area contributed by atoms with Gasteiger partial charge < -0.3 is 10.0 Å². The first-order chi connectivity index (χ1) is 7.40. The fraction of sp³-hybridized carbons (Fsp3) is 0.917. The fourth-order valence-electron chi connectivity index (χ4n) is 2.62. The number of carbonyl (C=O) groups is 1. The predicted octanol–water partition coefficient (Wildman–Crippen LogP) is 0.748. The molecule has 0 unspecified atom stereocenters. The van der Waals surface area contributed by atoms with Crippen molar-refractivity contribution in [3.8, 4) is 0 Å². The Kier molecular flexibility index (Phi) is 3.97. The maximum Gasteiger partial charge on any atom is 0.243 e. The van der Waals surface area contributed by atoms with Gasteiger partial charge >= 0.3 is 0 Å². The summed E-state index contributed by atoms with van der Waals surface area (Å²) < 4.78 is 0. The first kappa shape index (κ1) is 13.5. The minimum Gasteiger partial charge on any atom is -0.395 e. The third-order valence-electron chi connectivity index (χ3n) is 3.44. The van der Waals surface area contributed by atoms with Gasteiger partial charge in [0.1, 0.15) is 0 Å². The molecule has 4 heteroatoms. The molecule has 0 radical (unpaired) electrons. The number of rotatable bonds is 4. The Morgan fingerprint density at radius 1 is 1.38 bits per heavy atom. The van der Waals surface area contributed by atoms with Gasteiger partial charge in [-0.1, -0.05) is 13.8 Å². The molecule has 1 aliphatic rings. The van der Waals surface area contributed by atoms with Crippen molar-refractivity contribution in [2.24, 2.45) is 0 Å². The van der Waals surface area contributed by atoms with Crippen molar-refractivity contribution in [3.05, 3.63) is 0 Å². The van der Waals surface area contributed by atoms with Crippen LogP contribution < -0.4 is 5.32 Å². The van der Waals surface area contributed by atoms with Crippen molar-refractivity contribution in [2.45, 2.75) is 51.6 Å². The first-order valence-corrected chi connectivity index (χ1v) is 6.10. The van der Waals surface area contributed by atoms with Gasteiger partial charge in [0.05, 0.1) is 12.1 Å². The number of amides is 1. The molecule has 0 aliphatic carbocycles. The minimum absolute atomic E-state index is 0.0331. The highest BCUT2D eigenvalue weighted by Crippen LogP contribution is 2.27. The zero-order chi connectivity index (χ0) is 12.4. The van der Waals surface area contributed by atoms with E-state index in [2.05, 4.69) is 19.2 Å². The van der Waals surface area contributed by atoms with E-state index in [9.17, 15) is 4.79 Å². The van der Waals surface area contributed by atoms with Gasteiger partial charge in [-0.15, -0.1) is 0 Å². The number of aliphatic hydroxyl groups is 1. The lowest BCUT2D eigenvalue weighted by Crippen LogP contribution is -2.71. The smallest absolute Gasteiger partial charge is 0.243 e. The highest BCUT2D eigenvalue weighted by molar-refractivity contribution is 5.87. The van der Waals surface area contributed by atoms with Crippen LogP contribution in [0.4, 0.5) is 0 Å². The molecule has 1 rings (SSSR count). The summed E-state index contributed by atoms with van der Waals surface area (Å²) in [6.07, 6.45) is 1.57. The maximum atomic E-state index is 12.3. The monoisotopic (exact) mass is 228 g/mol. The number of nitrogens with one attached hydrogen (secondary N) is 1. The topological polar surface area (TPSA) is 52.6 Å². The molecule has 0 aromatic heterocycles. The highest BCUT2D eigenvalue weighted by Gasteiger charge is 2.46. The molecule has 1 amide bonds. The molecule has 2 N–H and O–H groups in total. The predicted molar refractivity (Wildman–Crippen MR) is 64.2 cm³/mol. The SMILES string of the molecule is CCC1(CC)NC(C)(C)CN(CCO)C1=O. The zero-order valence-corrected chi connectivity index (χ0v) is 10.8. The third-order valence-corrected chi connectivity index (χ3v) is 3.44. The molecular weight excluding hydrogens is 204 g/mol. The lowest BCUT2D eigenvalue weighted by Gasteiger charge is -2.49. The molecule has 0 atom stereocenters. The van der Waals surface area contributed by atoms with Crippen LogP contribution in [0, 0.1) is 0 Å². The number of hydrogen-bond acceptors (Lipinski definition) is 3. The summed E-state index contributed by atoms with van der Waals surface area (Å²) in [6, 6.07) is 0. The second-order valence-corrected chi connectivity index (χ2v) is 5.25. The van der Waals surface area contributed by atoms with Gasteiger partial charge in [0, 0.05) is 18.6 Å². The normalized spacial score (nSPS) is 23.6. The lowest BCUT2D eigenvalue weighted by molar-refractivity contribution is -0.146. The van der Waals surface area contributed by atoms with Gasteiger partial charge in [-0.2, -0.15) is 0 Å². The summed E-state index contributed by atoms with van der Waals surface area (Å²) in [5.41, 5.74) is -0.536. The van der Waals surface area contributed by atoms with E-state index in [1.54, 1.807) is 4.90 Å². The van der Waals surface area contributed by atoms with E-state index in [-0.39, 0.29) is 18.1 Å². The minimum atomic E-state index is -0.448. The van der Waals surface area contributed by atoms with Gasteiger partial charge in [0.2, 0.25) is 5.91 Å². The van der Waals surface area contributed by atoms with Gasteiger partial charge in [0.25, 0.3) is 0 Å². The Balaban J connectivity index is 2.96. The van der Waals surface area contributed by atoms with Gasteiger partial charge in [-0.05, 0) is 26.7 Å². The Labute approximate surface area is 98.0 Å². The first-order valence-electron chi connectivity index (χ1n) is 6.10. The van der Waals surface area contributed by atoms with Gasteiger partial charge in [0.15, 0.2) is 0 Å². The van der Waals surface area contributed by atoms with E-state index >= 15 is 0 Å². The Morgan fingerprint density at radius 3 is 2.38 bits per heavy atom. The van der Waals surface area contributed by atoms with E-state index in [1.165, 1.54) is 0 Å². The van der Waals surface area contributed by atoms with Crippen LogP contribution in [0.25, 0.3) is 0 Å². The Morgan fingerprint density at radius 2 is 1.94 bits per heavy atom. The van der Waals surface area contributed by atoms with E-state index in [0.717, 1.165) is 12.8 Å². The van der Waals surface area contributed by atoms with Crippen molar-refractivity contribution in [3.63, 3.8) is 0 Å². The molecule has 0 aromatic carbocycles. The number of hydrogen-bond donors (Lipinski definition) is 2. The van der Waals surface area contributed by atoms with Gasteiger partial charge in [-0.3, -0.25) is 10.1 Å². The van der Waals surface area contributed by atoms with Crippen molar-refractivity contribution >= 4 is 5.91 Å². The molecule has 1 fully saturated rings. The Hall–Kier alpha value is -0.610. The second kappa shape index (κ2) is 4.72. The molecule has 1 aliphatic heterocycles. The maximum absolute atomic E-state index is 12.3. The molecular formula is C12H24N2O2. The van der Waals surface area contributed by atoms with Crippen LogP contribution in [0.5, 0.6) is 0 Å². The molecule has 1 saturated heterocycles. The quantitative estimate of drug-likeness (QED) is 0.746. The average molecular weight is 228 g/mol. The second-order valence-electron chi connectivity index (χ2n) is 5.25. The largest absolute Gasteiger partial charge is 0.395 e. The molecule has 0 saturated carbocycles. The van der Waals surface area contributed by atoms with Crippen molar-refractivity contribution < 1.29 is 9.90 Å². The van der Waals surface area contributed by atoms with Crippen LogP contribution in [0.1, 0.15) is 40.5 Å². The number of carbonyl (C=O) groups excluding carboxylic acids is 1. The van der Waals surface area contributed by atoms with Crippen LogP contribution in [0.2, 0.25) is 0 Å². The molecule has 4 nitrogen and oxygen atoms in total. The van der Waals surface area contributed by atoms with Gasteiger partial charge in [-0.25, -0.2) is 0 Å². The third kappa shape index (κ3) is 2.38. The van der Waals surface area contributed by atoms with E-state index < -0.39 is 5.54 Å². The summed E-state index contributed by atoms with van der Waals surface area (Å²) in [7, 11) is 0. The van der Waals surface area contributed by atoms with Crippen molar-refractivity contribution in [2.75, 3.05) is 19.7 Å². The standard InChI is InChI=1S/C12H24N2O2/c1-5-12(6-2)10(16)14(7-8-15)9-11(3,4)13-12/h13,15H,5-9H2,1-4H3. The highest BCUT2D eigenvalue weighted by atomic mass is 16.3. The number of nitrogens with zero attached hydrogens (tertiary/aromatic N) is 1. The van der Waals surface area contributed by atoms with E-state index in [1.807, 2.05) is 13.8 Å². The van der Waals surface area contributed by atoms with Crippen LogP contribution >= 0.6 is 0 Å². The lowest BCUT2D eigenvalue weighted by atomic mass is 9.83. The van der Waals surface area contributed by atoms with E-state index in [4.69, 9.17) is 5.11 Å². The van der Waals surface area contributed by atoms with Crippen LogP contribution in [0.15, 0.2) is 0 Å². The summed E-state index contributed by atoms with van der Waals surface area (Å²) in [4.78, 5) is 14.1. The molecule has 94 valence electrons. The molecule has 0 spiro atoms. The van der Waals surface area contributed by atoms with Crippen LogP contribution in [-0.2, 0) is 4.79 Å². The number of β-amino-alcohol motifs (C(OH)–C–C–N with tert-alkyl or cyclic N) is 1. The van der Waals surface area contributed by atoms with Crippen molar-refractivity contribution in [1.82, 2.24) is 10.2 Å². The summed E-state index contributed by atoms with van der Waals surface area (Å²) in [5, 5.41) is 12.5. The molecule has 16 heavy (non-hydrogen) atoms. The van der Waals surface area contributed by atoms with Crippen molar-refractivity contribution in [1.29, 1.82) is 0 Å². The zero-order valence-electron chi connectivity index (χ0n) is 10.8. The number of piperazine rings is 1. The summed E-state index contributed by atoms with van der Waals surface area (Å²) >= 11 is 0. The average Bonchev–Trinajstić information content (AvgIpc) is 2.23. The van der Waals surface area contributed by atoms with Crippen LogP contribution in [0.3, 0.4) is 0 Å². The fourth-order valence-corrected chi connectivity index (χ4v) is 2.62. The molecule has 1 heterocycles.